The average Bonchev–Trinajstić information content (AvgIpc) is 3.38. The summed E-state index contributed by atoms with van der Waals surface area (Å²) < 4.78 is 34.0. The molecule has 3 N–H and O–H groups in total. The highest BCUT2D eigenvalue weighted by Gasteiger charge is 2.33. The van der Waals surface area contributed by atoms with Crippen LogP contribution >= 0.6 is 11.3 Å². The van der Waals surface area contributed by atoms with Crippen LogP contribution in [0.1, 0.15) is 33.3 Å². The quantitative estimate of drug-likeness (QED) is 0.462. The van der Waals surface area contributed by atoms with Gasteiger partial charge in [-0.25, -0.2) is 13.2 Å². The molecule has 1 aromatic carbocycles. The van der Waals surface area contributed by atoms with Crippen LogP contribution in [-0.2, 0) is 21.2 Å². The number of anilines is 1. The third-order valence-corrected chi connectivity index (χ3v) is 9.39. The monoisotopic (exact) mass is 552 g/mol. The maximum absolute atomic E-state index is 13.3. The first kappa shape index (κ1) is 28.9. The van der Waals surface area contributed by atoms with Gasteiger partial charge < -0.3 is 25.4 Å². The van der Waals surface area contributed by atoms with Gasteiger partial charge in [-0.15, -0.1) is 11.3 Å². The minimum absolute atomic E-state index is 0.00374. The van der Waals surface area contributed by atoms with E-state index in [1.165, 1.54) is 11.4 Å². The summed E-state index contributed by atoms with van der Waals surface area (Å²) in [6.45, 7) is 7.51. The zero-order chi connectivity index (χ0) is 27.3. The number of rotatable bonds is 8. The van der Waals surface area contributed by atoms with Crippen LogP contribution in [0.15, 0.2) is 39.9 Å². The summed E-state index contributed by atoms with van der Waals surface area (Å²) in [5, 5.41) is 17.0. The first-order valence-corrected chi connectivity index (χ1v) is 14.5. The third kappa shape index (κ3) is 7.22. The summed E-state index contributed by atoms with van der Waals surface area (Å²) in [7, 11) is -2.19. The van der Waals surface area contributed by atoms with E-state index in [0.717, 1.165) is 11.3 Å². The number of hydrogen-bond donors (Lipinski definition) is 3. The molecule has 1 aliphatic heterocycles. The SMILES string of the molecule is CC(C)NC(=O)Nc1ccc2c(c1)CC(=O)N([C@@H](C)CO)C[C@H](C)[C@H](CN(C)S(=O)(=O)c1cccs1)O2. The molecule has 3 atom stereocenters. The van der Waals surface area contributed by atoms with Crippen molar-refractivity contribution in [2.24, 2.45) is 5.92 Å². The Morgan fingerprint density at radius 1 is 1.30 bits per heavy atom. The molecule has 2 aromatic rings. The number of urea groups is 1. The topological polar surface area (TPSA) is 128 Å². The standard InChI is InChI=1S/C25H36N4O6S2/c1-16(2)26-25(32)27-20-8-9-21-19(11-20)12-23(31)29(18(4)15-30)13-17(3)22(35-21)14-28(5)37(33,34)24-7-6-10-36-24/h6-11,16-18,22,30H,12-15H2,1-5H3,(H2,26,27,32)/t17-,18-,22-/m0/s1. The van der Waals surface area contributed by atoms with Crippen LogP contribution in [0, 0.1) is 5.92 Å². The Hall–Kier alpha value is -2.67. The molecule has 0 spiro atoms. The van der Waals surface area contributed by atoms with Gasteiger partial charge in [0.25, 0.3) is 10.0 Å². The molecule has 0 aliphatic carbocycles. The van der Waals surface area contributed by atoms with Gasteiger partial charge in [0, 0.05) is 36.8 Å². The van der Waals surface area contributed by atoms with Crippen molar-refractivity contribution in [1.29, 1.82) is 0 Å². The summed E-state index contributed by atoms with van der Waals surface area (Å²) in [4.78, 5) is 27.1. The number of nitrogens with zero attached hydrogens (tertiary/aromatic N) is 2. The molecule has 0 saturated heterocycles. The summed E-state index contributed by atoms with van der Waals surface area (Å²) in [5.41, 5.74) is 1.06. The van der Waals surface area contributed by atoms with Gasteiger partial charge in [0.1, 0.15) is 16.1 Å². The van der Waals surface area contributed by atoms with E-state index in [-0.39, 0.29) is 54.2 Å². The summed E-state index contributed by atoms with van der Waals surface area (Å²) in [6, 6.07) is 7.47. The molecule has 3 rings (SSSR count). The van der Waals surface area contributed by atoms with Crippen molar-refractivity contribution in [3.8, 4) is 5.75 Å². The molecular formula is C25H36N4O6S2. The largest absolute Gasteiger partial charge is 0.488 e. The predicted molar refractivity (Wildman–Crippen MR) is 143 cm³/mol. The number of amides is 3. The number of aliphatic hydroxyl groups excluding tert-OH is 1. The smallest absolute Gasteiger partial charge is 0.319 e. The Morgan fingerprint density at radius 3 is 2.65 bits per heavy atom. The number of ether oxygens (including phenoxy) is 1. The van der Waals surface area contributed by atoms with Crippen LogP contribution in [0.5, 0.6) is 5.75 Å². The van der Waals surface area contributed by atoms with E-state index < -0.39 is 22.2 Å². The average molecular weight is 553 g/mol. The number of fused-ring (bicyclic) bond motifs is 1. The molecule has 0 saturated carbocycles. The van der Waals surface area contributed by atoms with E-state index in [0.29, 0.717) is 17.0 Å². The summed E-state index contributed by atoms with van der Waals surface area (Å²) in [6.07, 6.45) is -0.579. The van der Waals surface area contributed by atoms with Gasteiger partial charge >= 0.3 is 6.03 Å². The lowest BCUT2D eigenvalue weighted by atomic mass is 10.0. The zero-order valence-electron chi connectivity index (χ0n) is 21.8. The highest BCUT2D eigenvalue weighted by molar-refractivity contribution is 7.91. The van der Waals surface area contributed by atoms with Crippen LogP contribution in [0.3, 0.4) is 0 Å². The molecule has 1 aromatic heterocycles. The highest BCUT2D eigenvalue weighted by Crippen LogP contribution is 2.30. The molecule has 0 fully saturated rings. The van der Waals surface area contributed by atoms with Gasteiger partial charge in [0.2, 0.25) is 5.91 Å². The minimum atomic E-state index is -3.70. The maximum Gasteiger partial charge on any atom is 0.319 e. The van der Waals surface area contributed by atoms with Crippen molar-refractivity contribution in [3.05, 3.63) is 41.3 Å². The number of sulfonamides is 1. The van der Waals surface area contributed by atoms with Crippen LogP contribution < -0.4 is 15.4 Å². The summed E-state index contributed by atoms with van der Waals surface area (Å²) in [5.74, 6) is 0.00203. The van der Waals surface area contributed by atoms with Gasteiger partial charge in [-0.05, 0) is 50.4 Å². The maximum atomic E-state index is 13.3. The lowest BCUT2D eigenvalue weighted by Gasteiger charge is -2.33. The van der Waals surface area contributed by atoms with E-state index in [2.05, 4.69) is 10.6 Å². The number of likely N-dealkylation sites (N-methyl/N-ethyl adjacent to an activating group) is 1. The molecule has 0 unspecified atom stereocenters. The molecule has 0 radical (unpaired) electrons. The van der Waals surface area contributed by atoms with Crippen molar-refractivity contribution >= 4 is 39.0 Å². The van der Waals surface area contributed by atoms with Gasteiger partial charge in [-0.1, -0.05) is 13.0 Å². The molecule has 37 heavy (non-hydrogen) atoms. The predicted octanol–water partition coefficient (Wildman–Crippen LogP) is 2.75. The van der Waals surface area contributed by atoms with E-state index >= 15 is 0 Å². The Morgan fingerprint density at radius 2 is 2.03 bits per heavy atom. The van der Waals surface area contributed by atoms with Crippen molar-refractivity contribution in [1.82, 2.24) is 14.5 Å². The fourth-order valence-corrected chi connectivity index (χ4v) is 6.45. The van der Waals surface area contributed by atoms with Crippen LogP contribution in [0.25, 0.3) is 0 Å². The molecule has 12 heteroatoms. The van der Waals surface area contributed by atoms with E-state index in [1.807, 2.05) is 20.8 Å². The Balaban J connectivity index is 1.95. The third-order valence-electron chi connectivity index (χ3n) is 6.19. The van der Waals surface area contributed by atoms with E-state index in [4.69, 9.17) is 4.74 Å². The van der Waals surface area contributed by atoms with Crippen molar-refractivity contribution in [3.63, 3.8) is 0 Å². The highest BCUT2D eigenvalue weighted by atomic mass is 32.2. The molecule has 1 aliphatic rings. The first-order chi connectivity index (χ1) is 17.4. The summed E-state index contributed by atoms with van der Waals surface area (Å²) >= 11 is 1.15. The Bertz CT molecular complexity index is 1190. The first-order valence-electron chi connectivity index (χ1n) is 12.2. The number of hydrogen-bond acceptors (Lipinski definition) is 7. The molecule has 10 nitrogen and oxygen atoms in total. The fraction of sp³-hybridized carbons (Fsp3) is 0.520. The minimum Gasteiger partial charge on any atom is -0.488 e. The van der Waals surface area contributed by atoms with Gasteiger partial charge in [0.15, 0.2) is 0 Å². The number of aliphatic hydroxyl groups is 1. The Kier molecular flexibility index (Phi) is 9.57. The van der Waals surface area contributed by atoms with E-state index in [9.17, 15) is 23.1 Å². The number of nitrogens with one attached hydrogen (secondary N) is 2. The molecular weight excluding hydrogens is 516 g/mol. The lowest BCUT2D eigenvalue weighted by Crippen LogP contribution is -2.48. The van der Waals surface area contributed by atoms with Crippen LogP contribution in [0.2, 0.25) is 0 Å². The van der Waals surface area contributed by atoms with Crippen molar-refractivity contribution < 1.29 is 27.9 Å². The lowest BCUT2D eigenvalue weighted by molar-refractivity contribution is -0.134. The van der Waals surface area contributed by atoms with Crippen LogP contribution in [-0.4, -0.2) is 79.6 Å². The number of carbonyl (C=O) groups excluding carboxylic acids is 2. The Labute approximate surface area is 222 Å². The molecule has 204 valence electrons. The number of benzene rings is 1. The fourth-order valence-electron chi connectivity index (χ4n) is 4.07. The second kappa shape index (κ2) is 12.2. The molecule has 0 bridgehead atoms. The van der Waals surface area contributed by atoms with Crippen LogP contribution in [0.4, 0.5) is 10.5 Å². The number of thiophene rings is 1. The van der Waals surface area contributed by atoms with Gasteiger partial charge in [0.05, 0.1) is 25.6 Å². The zero-order valence-corrected chi connectivity index (χ0v) is 23.4. The van der Waals surface area contributed by atoms with E-state index in [1.54, 1.807) is 47.5 Å². The normalized spacial score (nSPS) is 19.5. The second-order valence-electron chi connectivity index (χ2n) is 9.68. The van der Waals surface area contributed by atoms with Gasteiger partial charge in [-0.2, -0.15) is 4.31 Å². The molecule has 3 amide bonds. The second-order valence-corrected chi connectivity index (χ2v) is 12.9. The molecule has 2 heterocycles. The number of carbonyl (C=O) groups is 2. The van der Waals surface area contributed by atoms with Crippen molar-refractivity contribution in [2.75, 3.05) is 32.1 Å². The van der Waals surface area contributed by atoms with Crippen molar-refractivity contribution in [2.45, 2.75) is 56.5 Å². The van der Waals surface area contributed by atoms with Gasteiger partial charge in [-0.3, -0.25) is 4.79 Å².